The summed E-state index contributed by atoms with van der Waals surface area (Å²) < 4.78 is 0. The molecular weight excluding hydrogens is 270 g/mol. The van der Waals surface area contributed by atoms with Crippen LogP contribution in [0.5, 0.6) is 0 Å². The molecule has 0 aliphatic rings. The maximum absolute atomic E-state index is 4.51. The standard InChI is InChI=1S/C19H21N3/c1-3-22(4-2)14-15-5-7-16(8-6-15)17-11-18-12-20-10-9-19(18)21-13-17/h5-13H,3-4,14H2,1-2H3. The number of benzene rings is 1. The number of nitrogens with zero attached hydrogens (tertiary/aromatic N) is 3. The van der Waals surface area contributed by atoms with E-state index in [-0.39, 0.29) is 0 Å². The highest BCUT2D eigenvalue weighted by atomic mass is 15.1. The van der Waals surface area contributed by atoms with Gasteiger partial charge in [0.05, 0.1) is 5.52 Å². The molecule has 0 saturated carbocycles. The summed E-state index contributed by atoms with van der Waals surface area (Å²) in [5.41, 5.74) is 4.66. The molecule has 3 aromatic rings. The number of aromatic nitrogens is 2. The van der Waals surface area contributed by atoms with Crippen molar-refractivity contribution in [3.63, 3.8) is 0 Å². The van der Waals surface area contributed by atoms with Crippen LogP contribution in [-0.2, 0) is 6.54 Å². The van der Waals surface area contributed by atoms with Crippen LogP contribution in [0.15, 0.2) is 55.0 Å². The number of pyridine rings is 2. The van der Waals surface area contributed by atoms with Gasteiger partial charge in [-0.25, -0.2) is 0 Å². The van der Waals surface area contributed by atoms with Crippen molar-refractivity contribution in [1.29, 1.82) is 0 Å². The van der Waals surface area contributed by atoms with Crippen molar-refractivity contribution in [1.82, 2.24) is 14.9 Å². The quantitative estimate of drug-likeness (QED) is 0.707. The molecule has 0 saturated heterocycles. The first-order chi connectivity index (χ1) is 10.8. The normalized spacial score (nSPS) is 11.2. The second-order valence-electron chi connectivity index (χ2n) is 5.45. The molecule has 0 N–H and O–H groups in total. The summed E-state index contributed by atoms with van der Waals surface area (Å²) in [5.74, 6) is 0. The van der Waals surface area contributed by atoms with E-state index >= 15 is 0 Å². The number of hydrogen-bond acceptors (Lipinski definition) is 3. The maximum atomic E-state index is 4.51. The van der Waals surface area contributed by atoms with Crippen molar-refractivity contribution in [3.8, 4) is 11.1 Å². The first-order valence-corrected chi connectivity index (χ1v) is 7.81. The van der Waals surface area contributed by atoms with Gasteiger partial charge in [0.25, 0.3) is 0 Å². The Hall–Kier alpha value is -2.26. The molecule has 0 bridgehead atoms. The Labute approximate surface area is 131 Å². The van der Waals surface area contributed by atoms with Gasteiger partial charge in [0.15, 0.2) is 0 Å². The molecule has 2 heterocycles. The summed E-state index contributed by atoms with van der Waals surface area (Å²) in [5, 5.41) is 1.08. The highest BCUT2D eigenvalue weighted by Crippen LogP contribution is 2.22. The zero-order valence-electron chi connectivity index (χ0n) is 13.2. The van der Waals surface area contributed by atoms with Crippen molar-refractivity contribution in [2.45, 2.75) is 20.4 Å². The van der Waals surface area contributed by atoms with E-state index in [9.17, 15) is 0 Å². The third-order valence-corrected chi connectivity index (χ3v) is 4.07. The van der Waals surface area contributed by atoms with Gasteiger partial charge < -0.3 is 0 Å². The number of fused-ring (bicyclic) bond motifs is 1. The second kappa shape index (κ2) is 6.67. The molecule has 0 amide bonds. The molecule has 1 aromatic carbocycles. The summed E-state index contributed by atoms with van der Waals surface area (Å²) >= 11 is 0. The predicted molar refractivity (Wildman–Crippen MR) is 91.6 cm³/mol. The fraction of sp³-hybridized carbons (Fsp3) is 0.263. The van der Waals surface area contributed by atoms with Crippen LogP contribution < -0.4 is 0 Å². The van der Waals surface area contributed by atoms with Gasteiger partial charge in [-0.2, -0.15) is 0 Å². The Kier molecular flexibility index (Phi) is 4.45. The molecule has 2 aromatic heterocycles. The fourth-order valence-electron chi connectivity index (χ4n) is 2.64. The highest BCUT2D eigenvalue weighted by Gasteiger charge is 2.04. The minimum absolute atomic E-state index is 0.983. The van der Waals surface area contributed by atoms with Crippen LogP contribution in [0.2, 0.25) is 0 Å². The smallest absolute Gasteiger partial charge is 0.0733 e. The lowest BCUT2D eigenvalue weighted by Gasteiger charge is -2.18. The average molecular weight is 291 g/mol. The van der Waals surface area contributed by atoms with Gasteiger partial charge in [0.2, 0.25) is 0 Å². The lowest BCUT2D eigenvalue weighted by atomic mass is 10.0. The second-order valence-corrected chi connectivity index (χ2v) is 5.45. The van der Waals surface area contributed by atoms with Crippen molar-refractivity contribution < 1.29 is 0 Å². The highest BCUT2D eigenvalue weighted by molar-refractivity contribution is 5.82. The van der Waals surface area contributed by atoms with E-state index in [4.69, 9.17) is 0 Å². The summed E-state index contributed by atoms with van der Waals surface area (Å²) in [6.07, 6.45) is 5.57. The van der Waals surface area contributed by atoms with Gasteiger partial charge >= 0.3 is 0 Å². The molecule has 0 atom stereocenters. The Balaban J connectivity index is 1.84. The zero-order valence-corrected chi connectivity index (χ0v) is 13.2. The minimum Gasteiger partial charge on any atom is -0.300 e. The van der Waals surface area contributed by atoms with Crippen LogP contribution in [0.1, 0.15) is 19.4 Å². The monoisotopic (exact) mass is 291 g/mol. The van der Waals surface area contributed by atoms with Crippen molar-refractivity contribution in [2.24, 2.45) is 0 Å². The molecule has 0 unspecified atom stereocenters. The topological polar surface area (TPSA) is 29.0 Å². The van der Waals surface area contributed by atoms with E-state index in [1.807, 2.05) is 18.5 Å². The third kappa shape index (κ3) is 3.15. The molecule has 0 fully saturated rings. The lowest BCUT2D eigenvalue weighted by molar-refractivity contribution is 0.296. The first-order valence-electron chi connectivity index (χ1n) is 7.81. The minimum atomic E-state index is 0.983. The lowest BCUT2D eigenvalue weighted by Crippen LogP contribution is -2.21. The predicted octanol–water partition coefficient (Wildman–Crippen LogP) is 4.14. The summed E-state index contributed by atoms with van der Waals surface area (Å²) in [6, 6.07) is 12.9. The molecule has 0 aliphatic carbocycles. The van der Waals surface area contributed by atoms with Gasteiger partial charge in [-0.1, -0.05) is 38.1 Å². The van der Waals surface area contributed by atoms with Crippen LogP contribution in [0.25, 0.3) is 22.0 Å². The Morgan fingerprint density at radius 3 is 2.41 bits per heavy atom. The van der Waals surface area contributed by atoms with Gasteiger partial charge in [-0.3, -0.25) is 14.9 Å². The van der Waals surface area contributed by atoms with E-state index in [1.54, 1.807) is 6.20 Å². The Morgan fingerprint density at radius 1 is 0.909 bits per heavy atom. The van der Waals surface area contributed by atoms with Crippen molar-refractivity contribution >= 4 is 10.9 Å². The van der Waals surface area contributed by atoms with E-state index in [1.165, 1.54) is 11.1 Å². The van der Waals surface area contributed by atoms with Crippen LogP contribution in [0, 0.1) is 0 Å². The molecule has 22 heavy (non-hydrogen) atoms. The van der Waals surface area contributed by atoms with Gasteiger partial charge in [0, 0.05) is 36.1 Å². The average Bonchev–Trinajstić information content (AvgIpc) is 2.60. The SMILES string of the molecule is CCN(CC)Cc1ccc(-c2cnc3ccncc3c2)cc1. The van der Waals surface area contributed by atoms with Gasteiger partial charge in [-0.05, 0) is 36.3 Å². The molecular formula is C19H21N3. The molecule has 0 spiro atoms. The van der Waals surface area contributed by atoms with E-state index < -0.39 is 0 Å². The van der Waals surface area contributed by atoms with E-state index in [0.29, 0.717) is 0 Å². The van der Waals surface area contributed by atoms with Gasteiger partial charge in [-0.15, -0.1) is 0 Å². The molecule has 0 aliphatic heterocycles. The van der Waals surface area contributed by atoms with E-state index in [2.05, 4.69) is 59.0 Å². The largest absolute Gasteiger partial charge is 0.300 e. The number of hydrogen-bond donors (Lipinski definition) is 0. The number of rotatable bonds is 5. The fourth-order valence-corrected chi connectivity index (χ4v) is 2.64. The van der Waals surface area contributed by atoms with Crippen LogP contribution in [0.4, 0.5) is 0 Å². The van der Waals surface area contributed by atoms with Crippen LogP contribution >= 0.6 is 0 Å². The van der Waals surface area contributed by atoms with E-state index in [0.717, 1.165) is 36.1 Å². The Morgan fingerprint density at radius 2 is 1.68 bits per heavy atom. The molecule has 3 nitrogen and oxygen atoms in total. The maximum Gasteiger partial charge on any atom is 0.0733 e. The Bertz CT molecular complexity index is 746. The zero-order chi connectivity index (χ0) is 15.4. The summed E-state index contributed by atoms with van der Waals surface area (Å²) in [7, 11) is 0. The molecule has 112 valence electrons. The molecule has 0 radical (unpaired) electrons. The first kappa shape index (κ1) is 14.7. The van der Waals surface area contributed by atoms with Crippen LogP contribution in [0.3, 0.4) is 0 Å². The molecule has 3 heteroatoms. The third-order valence-electron chi connectivity index (χ3n) is 4.07. The molecule has 3 rings (SSSR count). The summed E-state index contributed by atoms with van der Waals surface area (Å²) in [4.78, 5) is 11.1. The summed E-state index contributed by atoms with van der Waals surface area (Å²) in [6.45, 7) is 7.58. The van der Waals surface area contributed by atoms with Crippen molar-refractivity contribution in [2.75, 3.05) is 13.1 Å². The van der Waals surface area contributed by atoms with Crippen LogP contribution in [-0.4, -0.2) is 28.0 Å². The van der Waals surface area contributed by atoms with Gasteiger partial charge in [0.1, 0.15) is 0 Å². The van der Waals surface area contributed by atoms with Crippen molar-refractivity contribution in [3.05, 3.63) is 60.6 Å².